The minimum absolute atomic E-state index is 0.0503. The van der Waals surface area contributed by atoms with Crippen molar-refractivity contribution in [3.05, 3.63) is 28.8 Å². The molecule has 0 spiro atoms. The lowest BCUT2D eigenvalue weighted by molar-refractivity contribution is 0.421. The van der Waals surface area contributed by atoms with E-state index < -0.39 is 0 Å². The topological polar surface area (TPSA) is 20.2 Å². The van der Waals surface area contributed by atoms with Crippen LogP contribution in [0.25, 0.3) is 0 Å². The number of hydrogen-bond donors (Lipinski definition) is 1. The zero-order chi connectivity index (χ0) is 15.2. The Morgan fingerprint density at radius 1 is 0.632 bits per heavy atom. The molecule has 0 radical (unpaired) electrons. The highest BCUT2D eigenvalue weighted by Gasteiger charge is 2.28. The highest BCUT2D eigenvalue weighted by Crippen LogP contribution is 2.41. The highest BCUT2D eigenvalue weighted by molar-refractivity contribution is 5.51. The standard InChI is InChI=1S/C18H30O/c1-16(2,3)12-10-13(17(4,5)6)15(19)14(11-12)18(7,8)9/h10-11,19H,1-9H3. The summed E-state index contributed by atoms with van der Waals surface area (Å²) in [5, 5.41) is 10.7. The summed E-state index contributed by atoms with van der Waals surface area (Å²) < 4.78 is 0. The molecule has 0 atom stereocenters. The Kier molecular flexibility index (Phi) is 3.84. The Hall–Kier alpha value is -0.980. The van der Waals surface area contributed by atoms with Crippen LogP contribution < -0.4 is 0 Å². The maximum absolute atomic E-state index is 10.7. The summed E-state index contributed by atoms with van der Waals surface area (Å²) in [7, 11) is 0. The van der Waals surface area contributed by atoms with E-state index >= 15 is 0 Å². The van der Waals surface area contributed by atoms with Crippen LogP contribution in [0.4, 0.5) is 0 Å². The van der Waals surface area contributed by atoms with Crippen LogP contribution in [0.5, 0.6) is 5.75 Å². The third-order valence-electron chi connectivity index (χ3n) is 3.59. The average molecular weight is 262 g/mol. The zero-order valence-corrected chi connectivity index (χ0v) is 14.1. The van der Waals surface area contributed by atoms with Gasteiger partial charge in [0.25, 0.3) is 0 Å². The van der Waals surface area contributed by atoms with Crippen LogP contribution in [0, 0.1) is 0 Å². The minimum Gasteiger partial charge on any atom is -0.507 e. The van der Waals surface area contributed by atoms with Gasteiger partial charge in [0.05, 0.1) is 0 Å². The van der Waals surface area contributed by atoms with E-state index in [-0.39, 0.29) is 16.2 Å². The van der Waals surface area contributed by atoms with Gasteiger partial charge in [-0.3, -0.25) is 0 Å². The van der Waals surface area contributed by atoms with Crippen LogP contribution in [0.3, 0.4) is 0 Å². The van der Waals surface area contributed by atoms with Gasteiger partial charge in [0.1, 0.15) is 5.75 Å². The largest absolute Gasteiger partial charge is 0.507 e. The maximum atomic E-state index is 10.7. The molecule has 1 heteroatoms. The first-order valence-electron chi connectivity index (χ1n) is 7.13. The van der Waals surface area contributed by atoms with Crippen LogP contribution in [0.15, 0.2) is 12.1 Å². The van der Waals surface area contributed by atoms with Crippen LogP contribution in [0.1, 0.15) is 79.0 Å². The van der Waals surface area contributed by atoms with Crippen molar-refractivity contribution >= 4 is 0 Å². The van der Waals surface area contributed by atoms with Crippen LogP contribution in [-0.2, 0) is 16.2 Å². The summed E-state index contributed by atoms with van der Waals surface area (Å²) in [5.74, 6) is 0.466. The number of phenols is 1. The predicted molar refractivity (Wildman–Crippen MR) is 84.2 cm³/mol. The molecule has 0 amide bonds. The Labute approximate surface area is 119 Å². The first kappa shape index (κ1) is 16.1. The monoisotopic (exact) mass is 262 g/mol. The van der Waals surface area contributed by atoms with Crippen molar-refractivity contribution in [1.29, 1.82) is 0 Å². The first-order valence-corrected chi connectivity index (χ1v) is 7.13. The second-order valence-electron chi connectivity index (χ2n) is 8.67. The van der Waals surface area contributed by atoms with Crippen molar-refractivity contribution in [3.8, 4) is 5.75 Å². The van der Waals surface area contributed by atoms with E-state index in [1.807, 2.05) is 0 Å². The Morgan fingerprint density at radius 2 is 0.947 bits per heavy atom. The second-order valence-corrected chi connectivity index (χ2v) is 8.67. The molecule has 1 aromatic rings. The maximum Gasteiger partial charge on any atom is 0.123 e. The molecule has 0 heterocycles. The van der Waals surface area contributed by atoms with Gasteiger partial charge in [-0.1, -0.05) is 74.4 Å². The van der Waals surface area contributed by atoms with E-state index in [0.29, 0.717) is 5.75 Å². The lowest BCUT2D eigenvalue weighted by Crippen LogP contribution is -2.21. The normalized spacial score (nSPS) is 13.7. The van der Waals surface area contributed by atoms with Crippen molar-refractivity contribution in [2.24, 2.45) is 0 Å². The molecule has 1 aromatic carbocycles. The molecule has 0 fully saturated rings. The van der Waals surface area contributed by atoms with Crippen molar-refractivity contribution in [3.63, 3.8) is 0 Å². The van der Waals surface area contributed by atoms with E-state index in [1.54, 1.807) is 0 Å². The molecule has 108 valence electrons. The first-order chi connectivity index (χ1) is 8.24. The van der Waals surface area contributed by atoms with Gasteiger partial charge in [0.15, 0.2) is 0 Å². The van der Waals surface area contributed by atoms with E-state index in [9.17, 15) is 5.11 Å². The van der Waals surface area contributed by atoms with Gasteiger partial charge in [-0.05, 0) is 32.9 Å². The van der Waals surface area contributed by atoms with Gasteiger partial charge in [-0.15, -0.1) is 0 Å². The summed E-state index contributed by atoms with van der Waals surface area (Å²) in [6, 6.07) is 4.34. The average Bonchev–Trinajstić information content (AvgIpc) is 2.11. The van der Waals surface area contributed by atoms with Gasteiger partial charge in [0, 0.05) is 0 Å². The molecule has 0 aliphatic heterocycles. The molecule has 1 rings (SSSR count). The van der Waals surface area contributed by atoms with Gasteiger partial charge < -0.3 is 5.11 Å². The molecule has 0 aliphatic rings. The lowest BCUT2D eigenvalue weighted by Gasteiger charge is -2.31. The zero-order valence-electron chi connectivity index (χ0n) is 14.1. The fraction of sp³-hybridized carbons (Fsp3) is 0.667. The summed E-state index contributed by atoms with van der Waals surface area (Å²) >= 11 is 0. The van der Waals surface area contributed by atoms with Gasteiger partial charge in [-0.25, -0.2) is 0 Å². The number of hydrogen-bond acceptors (Lipinski definition) is 1. The van der Waals surface area contributed by atoms with Crippen LogP contribution >= 0.6 is 0 Å². The molecule has 0 unspecified atom stereocenters. The Balaban J connectivity index is 3.68. The fourth-order valence-electron chi connectivity index (χ4n) is 2.21. The number of benzene rings is 1. The second kappa shape index (κ2) is 4.54. The Bertz CT molecular complexity index is 427. The molecule has 19 heavy (non-hydrogen) atoms. The highest BCUT2D eigenvalue weighted by atomic mass is 16.3. The molecular formula is C18H30O. The summed E-state index contributed by atoms with van der Waals surface area (Å²) in [6.45, 7) is 19.6. The minimum atomic E-state index is -0.0503. The predicted octanol–water partition coefficient (Wildman–Crippen LogP) is 5.28. The van der Waals surface area contributed by atoms with Crippen molar-refractivity contribution in [1.82, 2.24) is 0 Å². The molecule has 0 aromatic heterocycles. The van der Waals surface area contributed by atoms with Gasteiger partial charge in [-0.2, -0.15) is 0 Å². The number of phenolic OH excluding ortho intramolecular Hbond substituents is 1. The molecule has 0 bridgehead atoms. The molecule has 0 saturated heterocycles. The Morgan fingerprint density at radius 3 is 1.16 bits per heavy atom. The molecule has 0 saturated carbocycles. The third kappa shape index (κ3) is 3.52. The van der Waals surface area contributed by atoms with E-state index in [1.165, 1.54) is 5.56 Å². The molecule has 0 aliphatic carbocycles. The number of aromatic hydroxyl groups is 1. The third-order valence-corrected chi connectivity index (χ3v) is 3.59. The van der Waals surface area contributed by atoms with E-state index in [0.717, 1.165) is 11.1 Å². The summed E-state index contributed by atoms with van der Waals surface area (Å²) in [6.07, 6.45) is 0. The number of rotatable bonds is 0. The van der Waals surface area contributed by atoms with Gasteiger partial charge in [0.2, 0.25) is 0 Å². The quantitative estimate of drug-likeness (QED) is 0.674. The SMILES string of the molecule is CC(C)(C)c1cc(C(C)(C)C)c(O)c(C(C)(C)C)c1. The molecular weight excluding hydrogens is 232 g/mol. The molecule has 1 N–H and O–H groups in total. The smallest absolute Gasteiger partial charge is 0.123 e. The fourth-order valence-corrected chi connectivity index (χ4v) is 2.21. The summed E-state index contributed by atoms with van der Waals surface area (Å²) in [5.41, 5.74) is 3.37. The van der Waals surface area contributed by atoms with Crippen LogP contribution in [0.2, 0.25) is 0 Å². The van der Waals surface area contributed by atoms with Crippen molar-refractivity contribution in [2.45, 2.75) is 78.6 Å². The summed E-state index contributed by atoms with van der Waals surface area (Å²) in [4.78, 5) is 0. The van der Waals surface area contributed by atoms with E-state index in [2.05, 4.69) is 74.4 Å². The van der Waals surface area contributed by atoms with Crippen molar-refractivity contribution in [2.75, 3.05) is 0 Å². The van der Waals surface area contributed by atoms with Crippen LogP contribution in [-0.4, -0.2) is 5.11 Å². The van der Waals surface area contributed by atoms with Gasteiger partial charge >= 0.3 is 0 Å². The lowest BCUT2D eigenvalue weighted by atomic mass is 9.75. The van der Waals surface area contributed by atoms with E-state index in [4.69, 9.17) is 0 Å². The molecule has 1 nitrogen and oxygen atoms in total. The van der Waals surface area contributed by atoms with Crippen molar-refractivity contribution < 1.29 is 5.11 Å².